The first kappa shape index (κ1) is 17.8. The molecular weight excluding hydrogens is 288 g/mol. The molecule has 1 rings (SSSR count). The third-order valence-electron chi connectivity index (χ3n) is 3.71. The van der Waals surface area contributed by atoms with Crippen LogP contribution in [0.1, 0.15) is 37.6 Å². The van der Waals surface area contributed by atoms with E-state index < -0.39 is 5.97 Å². The van der Waals surface area contributed by atoms with Crippen LogP contribution in [0, 0.1) is 0 Å². The van der Waals surface area contributed by atoms with E-state index in [4.69, 9.17) is 11.6 Å². The van der Waals surface area contributed by atoms with Gasteiger partial charge in [0.05, 0.1) is 11.3 Å². The molecule has 5 heteroatoms. The molecule has 4 nitrogen and oxygen atoms in total. The third kappa shape index (κ3) is 5.21. The first-order valence-corrected chi connectivity index (χ1v) is 7.91. The molecule has 0 aliphatic rings. The number of carboxylic acid groups (broad SMARTS) is 1. The molecule has 0 bridgehead atoms. The number of aromatic carboxylic acids is 1. The molecule has 1 aromatic rings. The average Bonchev–Trinajstić information content (AvgIpc) is 2.48. The molecule has 0 atom stereocenters. The van der Waals surface area contributed by atoms with Crippen molar-refractivity contribution in [2.24, 2.45) is 0 Å². The lowest BCUT2D eigenvalue weighted by Gasteiger charge is -2.26. The summed E-state index contributed by atoms with van der Waals surface area (Å²) in [7, 11) is 0. The van der Waals surface area contributed by atoms with Crippen molar-refractivity contribution in [3.63, 3.8) is 0 Å². The van der Waals surface area contributed by atoms with Gasteiger partial charge in [-0.05, 0) is 51.2 Å². The molecule has 21 heavy (non-hydrogen) atoms. The number of hydrogen-bond donors (Lipinski definition) is 1. The fourth-order valence-electron chi connectivity index (χ4n) is 2.43. The molecule has 1 N–H and O–H groups in total. The maximum absolute atomic E-state index is 11.4. The van der Waals surface area contributed by atoms with Gasteiger partial charge < -0.3 is 14.9 Å². The first-order valence-electron chi connectivity index (χ1n) is 7.53. The highest BCUT2D eigenvalue weighted by Crippen LogP contribution is 2.24. The minimum absolute atomic E-state index is 0.271. The second kappa shape index (κ2) is 8.90. The summed E-state index contributed by atoms with van der Waals surface area (Å²) < 4.78 is 0. The van der Waals surface area contributed by atoms with Crippen LogP contribution < -0.4 is 4.90 Å². The Hall–Kier alpha value is -1.26. The topological polar surface area (TPSA) is 43.8 Å². The van der Waals surface area contributed by atoms with Crippen molar-refractivity contribution in [2.45, 2.75) is 27.2 Å². The number of benzene rings is 1. The van der Waals surface area contributed by atoms with Gasteiger partial charge in [0.2, 0.25) is 0 Å². The number of carbonyl (C=O) groups is 1. The zero-order chi connectivity index (χ0) is 15.8. The molecule has 0 saturated carbocycles. The second-order valence-corrected chi connectivity index (χ2v) is 5.36. The van der Waals surface area contributed by atoms with E-state index in [0.717, 1.165) is 44.8 Å². The van der Waals surface area contributed by atoms with Crippen LogP contribution in [0.5, 0.6) is 0 Å². The summed E-state index contributed by atoms with van der Waals surface area (Å²) in [6.07, 6.45) is 1.01. The molecule has 118 valence electrons. The largest absolute Gasteiger partial charge is 0.478 e. The average molecular weight is 313 g/mol. The summed E-state index contributed by atoms with van der Waals surface area (Å²) in [5.74, 6) is -0.935. The van der Waals surface area contributed by atoms with Crippen LogP contribution in [-0.2, 0) is 0 Å². The van der Waals surface area contributed by atoms with Crippen LogP contribution in [0.4, 0.5) is 5.69 Å². The van der Waals surface area contributed by atoms with Gasteiger partial charge in [0.1, 0.15) is 0 Å². The predicted octanol–water partition coefficient (Wildman–Crippen LogP) is 3.60. The number of halogens is 1. The van der Waals surface area contributed by atoms with Crippen LogP contribution in [0.3, 0.4) is 0 Å². The lowest BCUT2D eigenvalue weighted by molar-refractivity contribution is 0.0697. The van der Waals surface area contributed by atoms with Crippen molar-refractivity contribution in [3.05, 3.63) is 28.8 Å². The quantitative estimate of drug-likeness (QED) is 0.756. The maximum Gasteiger partial charge on any atom is 0.337 e. The van der Waals surface area contributed by atoms with Crippen molar-refractivity contribution < 1.29 is 9.90 Å². The van der Waals surface area contributed by atoms with Crippen molar-refractivity contribution >= 4 is 23.3 Å². The van der Waals surface area contributed by atoms with E-state index in [1.165, 1.54) is 6.07 Å². The minimum atomic E-state index is -0.935. The molecule has 0 fully saturated rings. The monoisotopic (exact) mass is 312 g/mol. The van der Waals surface area contributed by atoms with Gasteiger partial charge >= 0.3 is 5.97 Å². The smallest absolute Gasteiger partial charge is 0.337 e. The number of hydrogen-bond acceptors (Lipinski definition) is 3. The van der Waals surface area contributed by atoms with Gasteiger partial charge in [-0.3, -0.25) is 0 Å². The van der Waals surface area contributed by atoms with Crippen LogP contribution in [0.2, 0.25) is 5.02 Å². The first-order chi connectivity index (χ1) is 10.0. The Bertz CT molecular complexity index is 462. The highest BCUT2D eigenvalue weighted by atomic mass is 35.5. The number of anilines is 1. The van der Waals surface area contributed by atoms with Crippen LogP contribution in [0.15, 0.2) is 18.2 Å². The molecule has 0 aromatic heterocycles. The fourth-order valence-corrected chi connectivity index (χ4v) is 2.60. The number of nitrogens with zero attached hydrogens (tertiary/aromatic N) is 2. The summed E-state index contributed by atoms with van der Waals surface area (Å²) in [5.41, 5.74) is 1.01. The molecular formula is C16H25ClN2O2. The van der Waals surface area contributed by atoms with Crippen LogP contribution in [0.25, 0.3) is 0 Å². The van der Waals surface area contributed by atoms with Crippen molar-refractivity contribution in [2.75, 3.05) is 37.6 Å². The predicted molar refractivity (Wildman–Crippen MR) is 88.7 cm³/mol. The molecule has 0 aliphatic heterocycles. The third-order valence-corrected chi connectivity index (χ3v) is 3.94. The minimum Gasteiger partial charge on any atom is -0.478 e. The summed E-state index contributed by atoms with van der Waals surface area (Å²) in [6.45, 7) is 11.1. The van der Waals surface area contributed by atoms with E-state index in [-0.39, 0.29) is 5.56 Å². The summed E-state index contributed by atoms with van der Waals surface area (Å²) in [6, 6.07) is 5.06. The summed E-state index contributed by atoms with van der Waals surface area (Å²) in [4.78, 5) is 15.8. The fraction of sp³-hybridized carbons (Fsp3) is 0.562. The lowest BCUT2D eigenvalue weighted by Crippen LogP contribution is -2.30. The van der Waals surface area contributed by atoms with Gasteiger partial charge in [-0.1, -0.05) is 25.4 Å². The Morgan fingerprint density at radius 1 is 1.14 bits per heavy atom. The molecule has 0 saturated heterocycles. The number of carboxylic acids is 1. The standard InChI is InChI=1S/C16H25ClN2O2/c1-4-18(5-2)10-7-11-19(6-3)15-9-8-13(17)12-14(15)16(20)21/h8-9,12H,4-7,10-11H2,1-3H3,(H,20,21). The Morgan fingerprint density at radius 2 is 1.81 bits per heavy atom. The Labute approximate surface area is 132 Å². The van der Waals surface area contributed by atoms with Gasteiger partial charge in [0.15, 0.2) is 0 Å². The molecule has 0 radical (unpaired) electrons. The molecule has 1 aromatic carbocycles. The lowest BCUT2D eigenvalue weighted by atomic mass is 10.1. The highest BCUT2D eigenvalue weighted by Gasteiger charge is 2.15. The molecule has 0 amide bonds. The SMILES string of the molecule is CCN(CC)CCCN(CC)c1ccc(Cl)cc1C(=O)O. The van der Waals surface area contributed by atoms with Crippen molar-refractivity contribution in [3.8, 4) is 0 Å². The maximum atomic E-state index is 11.4. The highest BCUT2D eigenvalue weighted by molar-refractivity contribution is 6.31. The normalized spacial score (nSPS) is 10.9. The van der Waals surface area contributed by atoms with E-state index >= 15 is 0 Å². The van der Waals surface area contributed by atoms with E-state index in [2.05, 4.69) is 23.6 Å². The summed E-state index contributed by atoms with van der Waals surface area (Å²) >= 11 is 5.90. The number of rotatable bonds is 9. The Morgan fingerprint density at radius 3 is 2.33 bits per heavy atom. The van der Waals surface area contributed by atoms with Gasteiger partial charge in [0.25, 0.3) is 0 Å². The molecule has 0 unspecified atom stereocenters. The van der Waals surface area contributed by atoms with Crippen molar-refractivity contribution in [1.82, 2.24) is 4.90 Å². The van der Waals surface area contributed by atoms with Crippen LogP contribution in [-0.4, -0.2) is 48.7 Å². The summed E-state index contributed by atoms with van der Waals surface area (Å²) in [5, 5.41) is 9.78. The Kier molecular flexibility index (Phi) is 7.54. The van der Waals surface area contributed by atoms with E-state index in [9.17, 15) is 9.90 Å². The Balaban J connectivity index is 2.78. The van der Waals surface area contributed by atoms with Gasteiger partial charge in [-0.2, -0.15) is 0 Å². The molecule has 0 aliphatic carbocycles. The van der Waals surface area contributed by atoms with Crippen molar-refractivity contribution in [1.29, 1.82) is 0 Å². The zero-order valence-electron chi connectivity index (χ0n) is 13.1. The van der Waals surface area contributed by atoms with Crippen LogP contribution >= 0.6 is 11.6 Å². The van der Waals surface area contributed by atoms with E-state index in [1.807, 2.05) is 6.92 Å². The van der Waals surface area contributed by atoms with Gasteiger partial charge in [-0.15, -0.1) is 0 Å². The molecule has 0 spiro atoms. The van der Waals surface area contributed by atoms with Gasteiger partial charge in [-0.25, -0.2) is 4.79 Å². The van der Waals surface area contributed by atoms with E-state index in [0.29, 0.717) is 5.02 Å². The van der Waals surface area contributed by atoms with Gasteiger partial charge in [0, 0.05) is 18.1 Å². The van der Waals surface area contributed by atoms with E-state index in [1.54, 1.807) is 12.1 Å². The second-order valence-electron chi connectivity index (χ2n) is 4.93. The molecule has 0 heterocycles. The zero-order valence-corrected chi connectivity index (χ0v) is 13.9.